The zero-order valence-corrected chi connectivity index (χ0v) is 15.0. The van der Waals surface area contributed by atoms with Crippen LogP contribution in [0.1, 0.15) is 37.5 Å². The molecule has 1 N–H and O–H groups in total. The lowest BCUT2D eigenvalue weighted by Crippen LogP contribution is -2.51. The van der Waals surface area contributed by atoms with Crippen LogP contribution in [0.25, 0.3) is 0 Å². The number of hydrogen-bond acceptors (Lipinski definition) is 3. The molecule has 1 aliphatic rings. The molecule has 0 bridgehead atoms. The number of carbonyl (C=O) groups excluding carboxylic acids is 1. The lowest BCUT2D eigenvalue weighted by molar-refractivity contribution is 0.201. The minimum Gasteiger partial charge on any atom is -0.334 e. The number of nitrogens with one attached hydrogen (secondary N) is 1. The lowest BCUT2D eigenvalue weighted by Gasteiger charge is -2.32. The molecule has 6 heteroatoms. The van der Waals surface area contributed by atoms with E-state index in [0.29, 0.717) is 12.3 Å². The molecule has 1 aromatic rings. The second-order valence-corrected chi connectivity index (χ2v) is 8.78. The second-order valence-electron chi connectivity index (χ2n) is 5.80. The van der Waals surface area contributed by atoms with E-state index in [0.717, 1.165) is 32.1 Å². The number of carbonyl (C=O) groups is 1. The number of hydrogen-bond donors (Lipinski definition) is 1. The summed E-state index contributed by atoms with van der Waals surface area (Å²) in [6, 6.07) is 4.15. The molecule has 0 saturated heterocycles. The standard InChI is InChI=1S/C16H26N2O2S2/c1-3-22(20)15-9-5-4-8-14(15)17-16(19)18(2)11-10-13-7-6-12-21-13/h6-7,12,14-15H,3-5,8-11H2,1-2H3,(H,17,19)/t14-,15+,22+/m1/s1. The Morgan fingerprint density at radius 3 is 2.91 bits per heavy atom. The van der Waals surface area contributed by atoms with Crippen LogP contribution in [0, 0.1) is 0 Å². The number of thiophene rings is 1. The molecule has 2 rings (SSSR count). The van der Waals surface area contributed by atoms with Gasteiger partial charge in [-0.3, -0.25) is 4.21 Å². The van der Waals surface area contributed by atoms with E-state index in [-0.39, 0.29) is 17.3 Å². The normalized spacial score (nSPS) is 23.0. The first-order chi connectivity index (χ1) is 10.6. The lowest BCUT2D eigenvalue weighted by atomic mass is 9.95. The van der Waals surface area contributed by atoms with Gasteiger partial charge < -0.3 is 10.2 Å². The number of likely N-dealkylation sites (N-methyl/N-ethyl adjacent to an activating group) is 1. The van der Waals surface area contributed by atoms with Crippen LogP contribution in [-0.4, -0.2) is 45.8 Å². The predicted octanol–water partition coefficient (Wildman–Crippen LogP) is 3.01. The fraction of sp³-hybridized carbons (Fsp3) is 0.688. The topological polar surface area (TPSA) is 49.4 Å². The summed E-state index contributed by atoms with van der Waals surface area (Å²) in [4.78, 5) is 15.4. The Labute approximate surface area is 139 Å². The van der Waals surface area contributed by atoms with Gasteiger partial charge in [0.25, 0.3) is 0 Å². The first kappa shape index (κ1) is 17.5. The Bertz CT molecular complexity index is 490. The van der Waals surface area contributed by atoms with Crippen molar-refractivity contribution in [1.82, 2.24) is 10.2 Å². The van der Waals surface area contributed by atoms with E-state index in [1.807, 2.05) is 20.0 Å². The number of nitrogens with zero attached hydrogens (tertiary/aromatic N) is 1. The maximum absolute atomic E-state index is 12.3. The minimum atomic E-state index is -0.833. The van der Waals surface area contributed by atoms with Crippen LogP contribution in [0.3, 0.4) is 0 Å². The molecule has 4 nitrogen and oxygen atoms in total. The van der Waals surface area contributed by atoms with Crippen LogP contribution in [0.15, 0.2) is 17.5 Å². The highest BCUT2D eigenvalue weighted by atomic mass is 32.2. The van der Waals surface area contributed by atoms with Gasteiger partial charge in [-0.05, 0) is 30.7 Å². The van der Waals surface area contributed by atoms with E-state index >= 15 is 0 Å². The first-order valence-corrected chi connectivity index (χ1v) is 10.3. The van der Waals surface area contributed by atoms with E-state index in [1.165, 1.54) is 4.88 Å². The summed E-state index contributed by atoms with van der Waals surface area (Å²) in [7, 11) is 0.998. The van der Waals surface area contributed by atoms with Gasteiger partial charge in [0.2, 0.25) is 0 Å². The smallest absolute Gasteiger partial charge is 0.317 e. The minimum absolute atomic E-state index is 0.0402. The monoisotopic (exact) mass is 342 g/mol. The van der Waals surface area contributed by atoms with Gasteiger partial charge in [0, 0.05) is 41.1 Å². The summed E-state index contributed by atoms with van der Waals surface area (Å²) in [5, 5.41) is 5.29. The van der Waals surface area contributed by atoms with E-state index in [2.05, 4.69) is 16.8 Å². The fourth-order valence-corrected chi connectivity index (χ4v) is 5.02. The van der Waals surface area contributed by atoms with Crippen LogP contribution in [0.4, 0.5) is 4.79 Å². The van der Waals surface area contributed by atoms with Crippen molar-refractivity contribution in [3.8, 4) is 0 Å². The molecule has 22 heavy (non-hydrogen) atoms. The highest BCUT2D eigenvalue weighted by molar-refractivity contribution is 7.85. The molecule has 124 valence electrons. The van der Waals surface area contributed by atoms with Crippen LogP contribution < -0.4 is 5.32 Å². The molecule has 1 aromatic heterocycles. The Kier molecular flexibility index (Phi) is 6.89. The average Bonchev–Trinajstić information content (AvgIpc) is 3.05. The quantitative estimate of drug-likeness (QED) is 0.864. The highest BCUT2D eigenvalue weighted by Gasteiger charge is 2.30. The second kappa shape index (κ2) is 8.67. The number of rotatable bonds is 6. The van der Waals surface area contributed by atoms with Gasteiger partial charge in [-0.2, -0.15) is 0 Å². The summed E-state index contributed by atoms with van der Waals surface area (Å²) < 4.78 is 12.2. The molecule has 1 aliphatic carbocycles. The Morgan fingerprint density at radius 2 is 2.23 bits per heavy atom. The highest BCUT2D eigenvalue weighted by Crippen LogP contribution is 2.23. The van der Waals surface area contributed by atoms with Crippen LogP contribution in [0.5, 0.6) is 0 Å². The molecular weight excluding hydrogens is 316 g/mol. The third kappa shape index (κ3) is 4.81. The number of urea groups is 1. The van der Waals surface area contributed by atoms with Gasteiger partial charge in [-0.25, -0.2) is 4.79 Å². The number of amides is 2. The van der Waals surface area contributed by atoms with Gasteiger partial charge >= 0.3 is 6.03 Å². The molecule has 1 saturated carbocycles. The third-order valence-electron chi connectivity index (χ3n) is 4.25. The van der Waals surface area contributed by atoms with Crippen LogP contribution in [-0.2, 0) is 17.2 Å². The molecule has 3 atom stereocenters. The van der Waals surface area contributed by atoms with Crippen molar-refractivity contribution in [2.75, 3.05) is 19.3 Å². The van der Waals surface area contributed by atoms with Crippen LogP contribution >= 0.6 is 11.3 Å². The molecule has 0 unspecified atom stereocenters. The van der Waals surface area contributed by atoms with Crippen molar-refractivity contribution >= 4 is 28.2 Å². The van der Waals surface area contributed by atoms with E-state index in [4.69, 9.17) is 0 Å². The van der Waals surface area contributed by atoms with Crippen molar-refractivity contribution in [2.24, 2.45) is 0 Å². The Hall–Kier alpha value is -0.880. The Morgan fingerprint density at radius 1 is 1.45 bits per heavy atom. The fourth-order valence-electron chi connectivity index (χ4n) is 2.89. The molecule has 0 aliphatic heterocycles. The van der Waals surface area contributed by atoms with Gasteiger partial charge in [-0.15, -0.1) is 11.3 Å². The molecular formula is C16H26N2O2S2. The average molecular weight is 343 g/mol. The summed E-state index contributed by atoms with van der Waals surface area (Å²) in [6.45, 7) is 2.66. The summed E-state index contributed by atoms with van der Waals surface area (Å²) >= 11 is 1.72. The van der Waals surface area contributed by atoms with Crippen molar-refractivity contribution in [1.29, 1.82) is 0 Å². The molecule has 0 radical (unpaired) electrons. The Balaban J connectivity index is 1.84. The van der Waals surface area contributed by atoms with Crippen molar-refractivity contribution < 1.29 is 9.00 Å². The summed E-state index contributed by atoms with van der Waals surface area (Å²) in [6.07, 6.45) is 5.03. The molecule has 0 aromatic carbocycles. The summed E-state index contributed by atoms with van der Waals surface area (Å²) in [5.74, 6) is 0.672. The SMILES string of the molecule is CC[S@](=O)[C@H]1CCCC[C@H]1NC(=O)N(C)CCc1cccs1. The molecule has 2 amide bonds. The van der Waals surface area contributed by atoms with Gasteiger partial charge in [0.05, 0.1) is 5.25 Å². The maximum Gasteiger partial charge on any atom is 0.317 e. The van der Waals surface area contributed by atoms with Gasteiger partial charge in [-0.1, -0.05) is 25.8 Å². The van der Waals surface area contributed by atoms with Crippen LogP contribution in [0.2, 0.25) is 0 Å². The van der Waals surface area contributed by atoms with Crippen molar-refractivity contribution in [2.45, 2.75) is 50.3 Å². The predicted molar refractivity (Wildman–Crippen MR) is 93.9 cm³/mol. The van der Waals surface area contributed by atoms with Crippen molar-refractivity contribution in [3.05, 3.63) is 22.4 Å². The van der Waals surface area contributed by atoms with Gasteiger partial charge in [0.15, 0.2) is 0 Å². The van der Waals surface area contributed by atoms with Crippen molar-refractivity contribution in [3.63, 3.8) is 0 Å². The molecule has 1 heterocycles. The largest absolute Gasteiger partial charge is 0.334 e. The first-order valence-electron chi connectivity index (χ1n) is 8.03. The van der Waals surface area contributed by atoms with E-state index in [9.17, 15) is 9.00 Å². The molecule has 0 spiro atoms. The zero-order valence-electron chi connectivity index (χ0n) is 13.4. The van der Waals surface area contributed by atoms with Gasteiger partial charge in [0.1, 0.15) is 0 Å². The maximum atomic E-state index is 12.3. The third-order valence-corrected chi connectivity index (χ3v) is 7.00. The van der Waals surface area contributed by atoms with E-state index in [1.54, 1.807) is 16.2 Å². The van der Waals surface area contributed by atoms with E-state index < -0.39 is 10.8 Å². The molecule has 1 fully saturated rings. The zero-order chi connectivity index (χ0) is 15.9. The summed E-state index contributed by atoms with van der Waals surface area (Å²) in [5.41, 5.74) is 0.